The van der Waals surface area contributed by atoms with Gasteiger partial charge in [-0.05, 0) is 19.1 Å². The van der Waals surface area contributed by atoms with Crippen LogP contribution in [-0.2, 0) is 4.84 Å². The molecule has 0 atom stereocenters. The maximum absolute atomic E-state index is 8.61. The molecule has 0 spiro atoms. The van der Waals surface area contributed by atoms with Crippen LogP contribution >= 0.6 is 0 Å². The molecule has 0 aliphatic rings. The highest BCUT2D eigenvalue weighted by atomic mass is 16.6. The summed E-state index contributed by atoms with van der Waals surface area (Å²) in [4.78, 5) is 9.34. The number of aromatic nitrogens is 1. The van der Waals surface area contributed by atoms with E-state index >= 15 is 0 Å². The van der Waals surface area contributed by atoms with Crippen LogP contribution in [0.25, 0.3) is 11.3 Å². The number of nitrogens with zero attached hydrogens (tertiary/aromatic N) is 2. The molecule has 4 heteroatoms. The summed E-state index contributed by atoms with van der Waals surface area (Å²) < 4.78 is 0. The van der Waals surface area contributed by atoms with Crippen molar-refractivity contribution in [2.24, 2.45) is 5.16 Å². The first kappa shape index (κ1) is 13.2. The van der Waals surface area contributed by atoms with E-state index in [1.165, 1.54) is 0 Å². The third-order valence-corrected chi connectivity index (χ3v) is 2.63. The van der Waals surface area contributed by atoms with E-state index in [9.17, 15) is 0 Å². The summed E-state index contributed by atoms with van der Waals surface area (Å²) in [5.74, 6) is 0. The third kappa shape index (κ3) is 3.63. The van der Waals surface area contributed by atoms with Crippen molar-refractivity contribution in [2.75, 3.05) is 13.2 Å². The average molecular weight is 256 g/mol. The monoisotopic (exact) mass is 256 g/mol. The van der Waals surface area contributed by atoms with Crippen LogP contribution in [0.4, 0.5) is 0 Å². The van der Waals surface area contributed by atoms with Gasteiger partial charge in [-0.15, -0.1) is 0 Å². The molecule has 0 radical (unpaired) electrons. The largest absolute Gasteiger partial charge is 0.393 e. The predicted molar refractivity (Wildman–Crippen MR) is 74.9 cm³/mol. The van der Waals surface area contributed by atoms with Crippen molar-refractivity contribution in [3.63, 3.8) is 0 Å². The molecule has 0 aliphatic carbocycles. The number of hydrogen-bond acceptors (Lipinski definition) is 4. The lowest BCUT2D eigenvalue weighted by Crippen LogP contribution is -2.00. The summed E-state index contributed by atoms with van der Waals surface area (Å²) >= 11 is 0. The number of aliphatic hydroxyl groups is 1. The van der Waals surface area contributed by atoms with Gasteiger partial charge >= 0.3 is 0 Å². The Bertz CT molecular complexity index is 536. The molecule has 2 aromatic rings. The highest BCUT2D eigenvalue weighted by molar-refractivity contribution is 5.98. The summed E-state index contributed by atoms with van der Waals surface area (Å²) in [6, 6.07) is 13.9. The predicted octanol–water partition coefficient (Wildman–Crippen LogP) is 2.48. The van der Waals surface area contributed by atoms with Crippen LogP contribution in [0.3, 0.4) is 0 Å². The van der Waals surface area contributed by atoms with Crippen LogP contribution in [0.2, 0.25) is 0 Å². The number of hydrogen-bond donors (Lipinski definition) is 1. The molecule has 2 rings (SSSR count). The Labute approximate surface area is 112 Å². The molecule has 1 aromatic heterocycles. The molecule has 1 heterocycles. The highest BCUT2D eigenvalue weighted by Gasteiger charge is 2.01. The van der Waals surface area contributed by atoms with Crippen LogP contribution in [0.15, 0.2) is 53.8 Å². The van der Waals surface area contributed by atoms with Crippen LogP contribution in [0, 0.1) is 0 Å². The van der Waals surface area contributed by atoms with Crippen molar-refractivity contribution >= 4 is 5.71 Å². The van der Waals surface area contributed by atoms with Gasteiger partial charge in [-0.25, -0.2) is 0 Å². The van der Waals surface area contributed by atoms with Crippen molar-refractivity contribution in [3.8, 4) is 11.3 Å². The van der Waals surface area contributed by atoms with Crippen molar-refractivity contribution in [1.29, 1.82) is 0 Å². The molecule has 19 heavy (non-hydrogen) atoms. The number of benzene rings is 1. The van der Waals surface area contributed by atoms with E-state index < -0.39 is 0 Å². The lowest BCUT2D eigenvalue weighted by atomic mass is 10.1. The second-order valence-electron chi connectivity index (χ2n) is 4.03. The Hall–Kier alpha value is -2.20. The average Bonchev–Trinajstić information content (AvgIpc) is 2.48. The van der Waals surface area contributed by atoms with Crippen LogP contribution < -0.4 is 0 Å². The van der Waals surface area contributed by atoms with E-state index in [1.807, 2.05) is 49.4 Å². The lowest BCUT2D eigenvalue weighted by molar-refractivity contribution is 0.0986. The molecule has 0 fully saturated rings. The minimum atomic E-state index is -0.0397. The SMILES string of the molecule is C/C(=N/OCCO)c1ccc(-c2ccccc2)nc1. The van der Waals surface area contributed by atoms with E-state index in [0.717, 1.165) is 22.5 Å². The van der Waals surface area contributed by atoms with Gasteiger partial charge in [0.1, 0.15) is 6.61 Å². The van der Waals surface area contributed by atoms with Gasteiger partial charge in [-0.1, -0.05) is 35.5 Å². The van der Waals surface area contributed by atoms with Gasteiger partial charge in [0.2, 0.25) is 0 Å². The van der Waals surface area contributed by atoms with Crippen LogP contribution in [-0.4, -0.2) is 29.0 Å². The van der Waals surface area contributed by atoms with Crippen LogP contribution in [0.1, 0.15) is 12.5 Å². The Balaban J connectivity index is 2.12. The van der Waals surface area contributed by atoms with Gasteiger partial charge in [0.25, 0.3) is 0 Å². The summed E-state index contributed by atoms with van der Waals surface area (Å²) in [6.07, 6.45) is 1.77. The fraction of sp³-hybridized carbons (Fsp3) is 0.200. The van der Waals surface area contributed by atoms with E-state index in [0.29, 0.717) is 0 Å². The number of pyridine rings is 1. The Morgan fingerprint density at radius 2 is 2.00 bits per heavy atom. The summed E-state index contributed by atoms with van der Waals surface area (Å²) in [6.45, 7) is 2.01. The zero-order chi connectivity index (χ0) is 13.5. The summed E-state index contributed by atoms with van der Waals surface area (Å²) in [5.41, 5.74) is 3.65. The van der Waals surface area contributed by atoms with Crippen molar-refractivity contribution in [2.45, 2.75) is 6.92 Å². The van der Waals surface area contributed by atoms with E-state index in [1.54, 1.807) is 6.20 Å². The number of oxime groups is 1. The molecular formula is C15H16N2O2. The maximum atomic E-state index is 8.61. The lowest BCUT2D eigenvalue weighted by Gasteiger charge is -2.03. The molecule has 0 saturated carbocycles. The van der Waals surface area contributed by atoms with E-state index in [2.05, 4.69) is 10.1 Å². The molecule has 0 bridgehead atoms. The minimum Gasteiger partial charge on any atom is -0.393 e. The molecule has 0 saturated heterocycles. The molecule has 4 nitrogen and oxygen atoms in total. The highest BCUT2D eigenvalue weighted by Crippen LogP contribution is 2.16. The second-order valence-corrected chi connectivity index (χ2v) is 4.03. The normalized spacial score (nSPS) is 11.4. The summed E-state index contributed by atoms with van der Waals surface area (Å²) in [5, 5.41) is 12.5. The van der Waals surface area contributed by atoms with Gasteiger partial charge in [0.05, 0.1) is 18.0 Å². The smallest absolute Gasteiger partial charge is 0.140 e. The third-order valence-electron chi connectivity index (χ3n) is 2.63. The van der Waals surface area contributed by atoms with E-state index in [4.69, 9.17) is 9.94 Å². The quantitative estimate of drug-likeness (QED) is 0.508. The first-order valence-corrected chi connectivity index (χ1v) is 6.10. The van der Waals surface area contributed by atoms with Gasteiger partial charge in [0.15, 0.2) is 0 Å². The van der Waals surface area contributed by atoms with Gasteiger partial charge in [0, 0.05) is 17.3 Å². The molecule has 0 aliphatic heterocycles. The van der Waals surface area contributed by atoms with Crippen LogP contribution in [0.5, 0.6) is 0 Å². The zero-order valence-corrected chi connectivity index (χ0v) is 10.8. The minimum absolute atomic E-state index is 0.0397. The fourth-order valence-electron chi connectivity index (χ4n) is 1.62. The first-order valence-electron chi connectivity index (χ1n) is 6.10. The Morgan fingerprint density at radius 1 is 1.21 bits per heavy atom. The molecule has 0 unspecified atom stereocenters. The molecule has 1 aromatic carbocycles. The molecular weight excluding hydrogens is 240 g/mol. The first-order chi connectivity index (χ1) is 9.31. The number of rotatable bonds is 5. The topological polar surface area (TPSA) is 54.7 Å². The van der Waals surface area contributed by atoms with E-state index in [-0.39, 0.29) is 13.2 Å². The standard InChI is InChI=1S/C15H16N2O2/c1-12(17-19-10-9-18)14-7-8-15(16-11-14)13-5-3-2-4-6-13/h2-8,11,18H,9-10H2,1H3/b17-12-. The second kappa shape index (κ2) is 6.66. The van der Waals surface area contributed by atoms with Crippen molar-refractivity contribution < 1.29 is 9.94 Å². The zero-order valence-electron chi connectivity index (χ0n) is 10.8. The molecule has 98 valence electrons. The van der Waals surface area contributed by atoms with Gasteiger partial charge in [-0.2, -0.15) is 0 Å². The van der Waals surface area contributed by atoms with Gasteiger partial charge in [-0.3, -0.25) is 4.98 Å². The fourth-order valence-corrected chi connectivity index (χ4v) is 1.62. The summed E-state index contributed by atoms with van der Waals surface area (Å²) in [7, 11) is 0. The molecule has 1 N–H and O–H groups in total. The molecule has 0 amide bonds. The van der Waals surface area contributed by atoms with Gasteiger partial charge < -0.3 is 9.94 Å². The number of aliphatic hydroxyl groups excluding tert-OH is 1. The maximum Gasteiger partial charge on any atom is 0.140 e. The Morgan fingerprint density at radius 3 is 2.63 bits per heavy atom. The van der Waals surface area contributed by atoms with Crippen molar-refractivity contribution in [3.05, 3.63) is 54.2 Å². The Kier molecular flexibility index (Phi) is 4.64. The van der Waals surface area contributed by atoms with Crippen molar-refractivity contribution in [1.82, 2.24) is 4.98 Å².